The second-order valence-electron chi connectivity index (χ2n) is 35.4. The van der Waals surface area contributed by atoms with E-state index < -0.39 is 70.9 Å². The van der Waals surface area contributed by atoms with Gasteiger partial charge in [0.2, 0.25) is 46.9 Å². The summed E-state index contributed by atoms with van der Waals surface area (Å²) in [6, 6.07) is 25.5. The monoisotopic (exact) mass is 2030 g/mol. The van der Waals surface area contributed by atoms with Crippen LogP contribution in [0.25, 0.3) is 32.5 Å². The normalized spacial score (nSPS) is 13.1. The van der Waals surface area contributed by atoms with Crippen molar-refractivity contribution in [3.8, 4) is 11.5 Å². The third kappa shape index (κ3) is 22.5. The molecule has 0 aliphatic carbocycles. The molecule has 0 radical (unpaired) electrons. The Morgan fingerprint density at radius 3 is 1.36 bits per heavy atom. The lowest BCUT2D eigenvalue weighted by molar-refractivity contribution is -0.118. The quantitative estimate of drug-likeness (QED) is 0.0127. The predicted octanol–water partition coefficient (Wildman–Crippen LogP) is 8.65. The molecule has 5 aromatic carbocycles. The third-order valence-electron chi connectivity index (χ3n) is 24.3. The van der Waals surface area contributed by atoms with E-state index in [0.717, 1.165) is 5.56 Å². The smallest absolute Gasteiger partial charge is 0.294 e. The molecule has 0 bridgehead atoms. The lowest BCUT2D eigenvalue weighted by Crippen LogP contribution is -2.31. The Morgan fingerprint density at radius 2 is 0.856 bits per heavy atom. The zero-order valence-corrected chi connectivity index (χ0v) is 82.4. The van der Waals surface area contributed by atoms with E-state index in [1.165, 1.54) is 142 Å². The van der Waals surface area contributed by atoms with Gasteiger partial charge >= 0.3 is 0 Å². The summed E-state index contributed by atoms with van der Waals surface area (Å²) in [6.07, 6.45) is 11.7. The van der Waals surface area contributed by atoms with E-state index in [4.69, 9.17) is 37.1 Å². The van der Waals surface area contributed by atoms with Gasteiger partial charge in [-0.05, 0) is 115 Å². The van der Waals surface area contributed by atoms with Gasteiger partial charge < -0.3 is 139 Å². The van der Waals surface area contributed by atoms with Crippen molar-refractivity contribution >= 4 is 201 Å². The minimum atomic E-state index is -0.732. The zero-order chi connectivity index (χ0) is 104. The fourth-order valence-electron chi connectivity index (χ4n) is 17.5. The van der Waals surface area contributed by atoms with Crippen molar-refractivity contribution in [2.24, 2.45) is 56.4 Å². The highest BCUT2D eigenvalue weighted by atomic mass is 35.5. The number of halogens is 2. The number of hydrogen-bond acceptors (Lipinski definition) is 24. The van der Waals surface area contributed by atoms with Crippen molar-refractivity contribution < 1.29 is 91.2 Å². The summed E-state index contributed by atoms with van der Waals surface area (Å²) in [4.78, 5) is 211. The molecule has 16 rings (SSSR count). The molecule has 2 aliphatic heterocycles. The molecule has 0 fully saturated rings. The molecule has 2 aliphatic rings. The summed E-state index contributed by atoms with van der Waals surface area (Å²) in [6.45, 7) is 1.77. The lowest BCUT2D eigenvalue weighted by Gasteiger charge is -2.19. The first-order valence-corrected chi connectivity index (χ1v) is 46.9. The van der Waals surface area contributed by atoms with Crippen molar-refractivity contribution in [3.63, 3.8) is 0 Å². The molecule has 14 amide bonds. The van der Waals surface area contributed by atoms with Gasteiger partial charge in [0.05, 0.1) is 66.9 Å². The van der Waals surface area contributed by atoms with Gasteiger partial charge in [0.25, 0.3) is 59.1 Å². The number of aromatic hydroxyl groups is 2. The third-order valence-corrected chi connectivity index (χ3v) is 25.1. The highest BCUT2D eigenvalue weighted by molar-refractivity contribution is 6.21. The highest BCUT2D eigenvalue weighted by Gasteiger charge is 2.39. The number of aromatic nitrogens is 12. The average Bonchev–Trinajstić information content (AvgIpc) is 1.51. The minimum absolute atomic E-state index is 0.00160. The van der Waals surface area contributed by atoms with Crippen LogP contribution in [0.2, 0.25) is 0 Å². The van der Waals surface area contributed by atoms with Crippen LogP contribution in [0.5, 0.6) is 11.5 Å². The number of anilines is 11. The Balaban J connectivity index is 0.453. The first-order valence-electron chi connectivity index (χ1n) is 45.8. The molecule has 2 atom stereocenters. The number of nitrogens with one attached hydrogen (secondary N) is 12. The van der Waals surface area contributed by atoms with Crippen molar-refractivity contribution in [3.05, 3.63) is 221 Å². The van der Waals surface area contributed by atoms with Crippen molar-refractivity contribution in [1.82, 2.24) is 77.3 Å². The van der Waals surface area contributed by atoms with Crippen molar-refractivity contribution in [2.75, 3.05) is 150 Å². The van der Waals surface area contributed by atoms with Crippen LogP contribution in [0.4, 0.5) is 63.1 Å². The number of imidazole rings is 4. The van der Waals surface area contributed by atoms with Crippen LogP contribution >= 0.6 is 23.2 Å². The predicted molar refractivity (Wildman–Crippen MR) is 542 cm³/mol. The fourth-order valence-corrected chi connectivity index (χ4v) is 18.0. The minimum Gasteiger partial charge on any atom is -0.507 e. The van der Waals surface area contributed by atoms with Crippen LogP contribution in [-0.2, 0) is 91.5 Å². The molecule has 46 nitrogen and oxygen atoms in total. The summed E-state index contributed by atoms with van der Waals surface area (Å²) in [5.74, 6) is -8.26. The van der Waals surface area contributed by atoms with Crippen LogP contribution in [0.15, 0.2) is 151 Å². The molecule has 758 valence electrons. The number of benzene rings is 5. The van der Waals surface area contributed by atoms with E-state index in [0.29, 0.717) is 85.2 Å². The molecule has 0 saturated carbocycles. The molecule has 48 heteroatoms. The molecule has 14 aromatic rings. The number of amides is 14. The molecule has 0 spiro atoms. The van der Waals surface area contributed by atoms with E-state index in [9.17, 15) is 77.3 Å². The number of carbonyl (C=O) groups is 14. The molecule has 146 heavy (non-hydrogen) atoms. The van der Waals surface area contributed by atoms with E-state index in [2.05, 4.69) is 83.7 Å². The van der Waals surface area contributed by atoms with Crippen LogP contribution in [0.3, 0.4) is 0 Å². The summed E-state index contributed by atoms with van der Waals surface area (Å²) < 4.78 is 28.1. The number of phenols is 2. The van der Waals surface area contributed by atoms with Crippen LogP contribution < -0.4 is 73.6 Å². The van der Waals surface area contributed by atoms with E-state index in [1.807, 2.05) is 6.07 Å². The number of nitrogens with zero attached hydrogens (tertiary/aromatic N) is 15. The van der Waals surface area contributed by atoms with Crippen LogP contribution in [0.1, 0.15) is 153 Å². The summed E-state index contributed by atoms with van der Waals surface area (Å²) in [7, 11) is 17.6. The molecule has 0 saturated heterocycles. The van der Waals surface area contributed by atoms with Crippen LogP contribution in [0, 0.1) is 0 Å². The Morgan fingerprint density at radius 1 is 0.411 bits per heavy atom. The number of methoxy groups -OCH3 is 1. The topological polar surface area (TPSA) is 556 Å². The van der Waals surface area contributed by atoms with Gasteiger partial charge in [-0.15, -0.1) is 23.2 Å². The fraction of sp³-hybridized carbons (Fsp3) is 0.286. The first-order chi connectivity index (χ1) is 69.8. The standard InChI is InChI=1S/C98H103Cl2N27O19/c1-117(2)50-81(132)109-75-46-123(8)86(110-75)95(140)115-77-48-125(10)88(112-77)97(142)116-78-49-124(9)87(113-78)96(141)114-76-47-122(7)85(111-76)94(139)101-21-12-13-79(130)105-57-32-68(119(4)42-57)91(136)107-59-34-70(121(6)44-59)93(138)108-60-35-69(120(5)45-60)92(137)106-58-33-67(118(3)43-58)90(135)102-22-20-80(131)104-56-16-19-73-53(29-56)31-74(146-73)98(143)127-41-55(39-100)83-63-27-51(14-17-61(63)72(129)37-66(83)127)28-82(133)126-40-54(38-99)84-64-30-52(15-18-62(64)71(128)36-65(84)126)89(134)103-23-24-145-26-25-144-11/h14-19,27,29-37,42-49,54-55,128-129H,12-13,20-26,28,38-41,50H2,1-11H3,(H,101,139)(H,102,135)(H,103,134)(H,104,131)(H,105,130)(H,106,137)(H,107,136)(H,108,138)(H,109,132)(H,114,141)(H,115,140)(H,116,142). The van der Waals surface area contributed by atoms with Crippen molar-refractivity contribution in [2.45, 2.75) is 37.5 Å². The number of alkyl halides is 2. The van der Waals surface area contributed by atoms with Gasteiger partial charge in [0, 0.05) is 222 Å². The molecule has 14 N–H and O–H groups in total. The molecular weight excluding hydrogens is 1930 g/mol. The first kappa shape index (κ1) is 102. The lowest BCUT2D eigenvalue weighted by atomic mass is 9.93. The van der Waals surface area contributed by atoms with E-state index >= 15 is 0 Å². The van der Waals surface area contributed by atoms with E-state index in [-0.39, 0.29) is 211 Å². The second kappa shape index (κ2) is 43.3. The Kier molecular flexibility index (Phi) is 30.2. The van der Waals surface area contributed by atoms with Gasteiger partial charge in [0.1, 0.15) is 39.9 Å². The summed E-state index contributed by atoms with van der Waals surface area (Å²) >= 11 is 13.3. The molecule has 9 aromatic heterocycles. The second-order valence-corrected chi connectivity index (χ2v) is 36.1. The average molecular weight is 2030 g/mol. The number of furan rings is 1. The van der Waals surface area contributed by atoms with Gasteiger partial charge in [-0.3, -0.25) is 67.1 Å². The number of carbonyl (C=O) groups excluding carboxylic acids is 14. The molecule has 11 heterocycles. The number of likely N-dealkylation sites (N-methyl/N-ethyl adjacent to an activating group) is 1. The molecular formula is C98H103Cl2N27O19. The van der Waals surface area contributed by atoms with Gasteiger partial charge in [-0.2, -0.15) is 0 Å². The number of rotatable bonds is 38. The number of hydrogen-bond donors (Lipinski definition) is 14. The zero-order valence-electron chi connectivity index (χ0n) is 80.9. The van der Waals surface area contributed by atoms with Crippen molar-refractivity contribution in [1.29, 1.82) is 0 Å². The summed E-state index contributed by atoms with van der Waals surface area (Å²) in [5, 5.41) is 58.2. The number of aryl methyl sites for hydroxylation is 8. The Labute approximate surface area is 841 Å². The SMILES string of the molecule is COCCOCCNC(=O)c1ccc2c(O)cc3c(c2c1)C(CCl)CN3C(=O)Cc1ccc2c(O)cc3c(c2c1)C(CCl)CN3C(=O)c1cc2cc(NC(=O)CCNC(=O)c3cc(NC(=O)c4cc(NC(=O)c5cc(NC(=O)c6cc(NC(=O)CCCNC(=O)c7nc(NC(=O)c8nc(NC(=O)c9nc(NC(=O)c%10nc(NC(=O)CN(C)C)cn%10C)cn9C)cn8C)cn7C)cn6C)cn5C)cn4C)cn3C)ccc2o1. The number of ether oxygens (including phenoxy) is 2. The van der Waals surface area contributed by atoms with Gasteiger partial charge in [0.15, 0.2) is 29.0 Å². The van der Waals surface area contributed by atoms with Gasteiger partial charge in [-0.1, -0.05) is 18.2 Å². The van der Waals surface area contributed by atoms with E-state index in [1.54, 1.807) is 127 Å². The molecule has 2 unspecified atom stereocenters. The highest BCUT2D eigenvalue weighted by Crippen LogP contribution is 2.49. The Bertz CT molecular complexity index is 7610. The maximum Gasteiger partial charge on any atom is 0.294 e. The summed E-state index contributed by atoms with van der Waals surface area (Å²) in [5.41, 5.74) is 5.61. The maximum absolute atomic E-state index is 14.6. The van der Waals surface area contributed by atoms with Crippen LogP contribution in [-0.4, -0.2) is 246 Å². The number of phenolic OH excluding ortho intramolecular Hbond substituents is 2. The van der Waals surface area contributed by atoms with Gasteiger partial charge in [-0.25, -0.2) is 19.9 Å². The maximum atomic E-state index is 14.6. The largest absolute Gasteiger partial charge is 0.507 e. The number of fused-ring (bicyclic) bond motifs is 7. The Hall–Kier alpha value is -17.2.